The standard InChI is InChI=1S/C14H15Cl2N3O2/c1-9-5-11(18-17-9)7-19(2)14(20)8-21-13-4-3-10(15)6-12(13)16/h3-6H,7-8H2,1-2H3,(H,17,18). The lowest BCUT2D eigenvalue weighted by atomic mass is 10.3. The highest BCUT2D eigenvalue weighted by Gasteiger charge is 2.12. The van der Waals surface area contributed by atoms with Crippen molar-refractivity contribution in [3.63, 3.8) is 0 Å². The zero-order chi connectivity index (χ0) is 15.4. The topological polar surface area (TPSA) is 58.2 Å². The van der Waals surface area contributed by atoms with E-state index in [9.17, 15) is 4.79 Å². The second-order valence-electron chi connectivity index (χ2n) is 4.66. The summed E-state index contributed by atoms with van der Waals surface area (Å²) in [6.07, 6.45) is 0. The average molecular weight is 328 g/mol. The number of amides is 1. The molecular weight excluding hydrogens is 313 g/mol. The molecule has 5 nitrogen and oxygen atoms in total. The Morgan fingerprint density at radius 2 is 2.14 bits per heavy atom. The van der Waals surface area contributed by atoms with Crippen molar-refractivity contribution in [1.82, 2.24) is 15.1 Å². The first kappa shape index (κ1) is 15.7. The van der Waals surface area contributed by atoms with E-state index in [4.69, 9.17) is 27.9 Å². The van der Waals surface area contributed by atoms with Gasteiger partial charge in [-0.25, -0.2) is 0 Å². The Kier molecular flexibility index (Phi) is 5.09. The molecule has 0 aliphatic heterocycles. The van der Waals surface area contributed by atoms with Crippen LogP contribution in [0.15, 0.2) is 24.3 Å². The van der Waals surface area contributed by atoms with Gasteiger partial charge in [-0.1, -0.05) is 23.2 Å². The van der Waals surface area contributed by atoms with Gasteiger partial charge in [0, 0.05) is 17.8 Å². The molecule has 1 heterocycles. The third-order valence-corrected chi connectivity index (χ3v) is 3.36. The van der Waals surface area contributed by atoms with Crippen molar-refractivity contribution in [2.45, 2.75) is 13.5 Å². The Bertz CT molecular complexity index is 643. The molecule has 1 amide bonds. The van der Waals surface area contributed by atoms with Gasteiger partial charge in [0.2, 0.25) is 0 Å². The molecule has 112 valence electrons. The molecule has 7 heteroatoms. The van der Waals surface area contributed by atoms with Gasteiger partial charge in [-0.2, -0.15) is 5.10 Å². The summed E-state index contributed by atoms with van der Waals surface area (Å²) < 4.78 is 5.41. The molecule has 0 bridgehead atoms. The first-order valence-corrected chi connectivity index (χ1v) is 7.04. The molecule has 0 saturated carbocycles. The van der Waals surface area contributed by atoms with Crippen LogP contribution in [0.1, 0.15) is 11.4 Å². The van der Waals surface area contributed by atoms with Gasteiger partial charge in [-0.05, 0) is 31.2 Å². The number of hydrogen-bond donors (Lipinski definition) is 1. The largest absolute Gasteiger partial charge is 0.482 e. The third kappa shape index (κ3) is 4.37. The van der Waals surface area contributed by atoms with Crippen LogP contribution in [0.2, 0.25) is 10.0 Å². The second kappa shape index (κ2) is 6.83. The Labute approximate surface area is 132 Å². The average Bonchev–Trinajstić information content (AvgIpc) is 2.82. The van der Waals surface area contributed by atoms with Crippen molar-refractivity contribution >= 4 is 29.1 Å². The van der Waals surface area contributed by atoms with Crippen LogP contribution >= 0.6 is 23.2 Å². The normalized spacial score (nSPS) is 10.5. The number of aromatic nitrogens is 2. The minimum atomic E-state index is -0.165. The fraction of sp³-hybridized carbons (Fsp3) is 0.286. The zero-order valence-corrected chi connectivity index (χ0v) is 13.2. The van der Waals surface area contributed by atoms with Crippen LogP contribution in [0.25, 0.3) is 0 Å². The van der Waals surface area contributed by atoms with Crippen LogP contribution < -0.4 is 4.74 Å². The monoisotopic (exact) mass is 327 g/mol. The lowest BCUT2D eigenvalue weighted by Crippen LogP contribution is -2.31. The summed E-state index contributed by atoms with van der Waals surface area (Å²) in [5.41, 5.74) is 1.75. The molecule has 1 aromatic heterocycles. The SMILES string of the molecule is Cc1cc(CN(C)C(=O)COc2ccc(Cl)cc2Cl)n[nH]1. The second-order valence-corrected chi connectivity index (χ2v) is 5.50. The van der Waals surface area contributed by atoms with Crippen molar-refractivity contribution in [2.75, 3.05) is 13.7 Å². The lowest BCUT2D eigenvalue weighted by molar-refractivity contribution is -0.132. The van der Waals surface area contributed by atoms with E-state index in [1.165, 1.54) is 0 Å². The number of likely N-dealkylation sites (N-methyl/N-ethyl adjacent to an activating group) is 1. The van der Waals surface area contributed by atoms with Gasteiger partial charge in [0.1, 0.15) is 5.75 Å². The zero-order valence-electron chi connectivity index (χ0n) is 11.7. The molecule has 0 atom stereocenters. The van der Waals surface area contributed by atoms with E-state index in [-0.39, 0.29) is 12.5 Å². The van der Waals surface area contributed by atoms with Crippen molar-refractivity contribution < 1.29 is 9.53 Å². The highest BCUT2D eigenvalue weighted by atomic mass is 35.5. The number of nitrogens with one attached hydrogen (secondary N) is 1. The maximum Gasteiger partial charge on any atom is 0.260 e. The summed E-state index contributed by atoms with van der Waals surface area (Å²) in [7, 11) is 1.69. The lowest BCUT2D eigenvalue weighted by Gasteiger charge is -2.16. The van der Waals surface area contributed by atoms with Gasteiger partial charge < -0.3 is 9.64 Å². The number of carbonyl (C=O) groups is 1. The molecule has 0 spiro atoms. The predicted octanol–water partition coefficient (Wildman–Crippen LogP) is 3.06. The molecule has 0 aliphatic rings. The molecule has 0 aliphatic carbocycles. The number of hydrogen-bond acceptors (Lipinski definition) is 3. The van der Waals surface area contributed by atoms with Crippen LogP contribution in [0.3, 0.4) is 0 Å². The van der Waals surface area contributed by atoms with Crippen LogP contribution in [-0.2, 0) is 11.3 Å². The Morgan fingerprint density at radius 1 is 1.38 bits per heavy atom. The molecule has 2 aromatic rings. The minimum Gasteiger partial charge on any atom is -0.482 e. The minimum absolute atomic E-state index is 0.0960. The van der Waals surface area contributed by atoms with Crippen molar-refractivity contribution in [3.8, 4) is 5.75 Å². The van der Waals surface area contributed by atoms with Crippen molar-refractivity contribution in [1.29, 1.82) is 0 Å². The third-order valence-electron chi connectivity index (χ3n) is 2.83. The number of carbonyl (C=O) groups excluding carboxylic acids is 1. The molecule has 0 saturated heterocycles. The van der Waals surface area contributed by atoms with E-state index in [2.05, 4.69) is 10.2 Å². The van der Waals surface area contributed by atoms with Crippen LogP contribution in [0.5, 0.6) is 5.75 Å². The molecule has 0 unspecified atom stereocenters. The first-order chi connectivity index (χ1) is 9.95. The number of aromatic amines is 1. The number of halogens is 2. The van der Waals surface area contributed by atoms with Gasteiger partial charge in [-0.3, -0.25) is 9.89 Å². The van der Waals surface area contributed by atoms with Gasteiger partial charge in [0.25, 0.3) is 5.91 Å². The Hall–Kier alpha value is -1.72. The van der Waals surface area contributed by atoms with E-state index in [0.29, 0.717) is 22.3 Å². The van der Waals surface area contributed by atoms with E-state index in [1.807, 2.05) is 13.0 Å². The number of H-pyrrole nitrogens is 1. The molecule has 0 radical (unpaired) electrons. The quantitative estimate of drug-likeness (QED) is 0.918. The number of rotatable bonds is 5. The molecule has 1 N–H and O–H groups in total. The molecule has 2 rings (SSSR count). The highest BCUT2D eigenvalue weighted by Crippen LogP contribution is 2.27. The fourth-order valence-corrected chi connectivity index (χ4v) is 2.19. The number of ether oxygens (including phenoxy) is 1. The van der Waals surface area contributed by atoms with Crippen molar-refractivity contribution in [2.24, 2.45) is 0 Å². The van der Waals surface area contributed by atoms with Crippen LogP contribution in [0, 0.1) is 6.92 Å². The summed E-state index contributed by atoms with van der Waals surface area (Å²) >= 11 is 11.8. The van der Waals surface area contributed by atoms with Crippen LogP contribution in [0.4, 0.5) is 0 Å². The summed E-state index contributed by atoms with van der Waals surface area (Å²) in [6, 6.07) is 6.75. The Morgan fingerprint density at radius 3 is 2.76 bits per heavy atom. The molecule has 21 heavy (non-hydrogen) atoms. The van der Waals surface area contributed by atoms with Gasteiger partial charge in [-0.15, -0.1) is 0 Å². The van der Waals surface area contributed by atoms with Crippen molar-refractivity contribution in [3.05, 3.63) is 45.7 Å². The summed E-state index contributed by atoms with van der Waals surface area (Å²) in [5, 5.41) is 7.81. The van der Waals surface area contributed by atoms with E-state index in [0.717, 1.165) is 11.4 Å². The molecule has 0 fully saturated rings. The molecular formula is C14H15Cl2N3O2. The smallest absolute Gasteiger partial charge is 0.260 e. The fourth-order valence-electron chi connectivity index (χ4n) is 1.73. The predicted molar refractivity (Wildman–Crippen MR) is 81.8 cm³/mol. The maximum atomic E-state index is 12.0. The number of nitrogens with zero attached hydrogens (tertiary/aromatic N) is 2. The number of benzene rings is 1. The molecule has 1 aromatic carbocycles. The summed E-state index contributed by atoms with van der Waals surface area (Å²) in [6.45, 7) is 2.23. The maximum absolute atomic E-state index is 12.0. The number of aryl methyl sites for hydroxylation is 1. The summed E-state index contributed by atoms with van der Waals surface area (Å²) in [5.74, 6) is 0.264. The van der Waals surface area contributed by atoms with Crippen LogP contribution in [-0.4, -0.2) is 34.7 Å². The van der Waals surface area contributed by atoms with Gasteiger partial charge in [0.05, 0.1) is 17.3 Å². The van der Waals surface area contributed by atoms with E-state index >= 15 is 0 Å². The first-order valence-electron chi connectivity index (χ1n) is 6.28. The van der Waals surface area contributed by atoms with Gasteiger partial charge >= 0.3 is 0 Å². The van der Waals surface area contributed by atoms with E-state index < -0.39 is 0 Å². The highest BCUT2D eigenvalue weighted by molar-refractivity contribution is 6.35. The van der Waals surface area contributed by atoms with Gasteiger partial charge in [0.15, 0.2) is 6.61 Å². The summed E-state index contributed by atoms with van der Waals surface area (Å²) in [4.78, 5) is 13.5. The Balaban J connectivity index is 1.89. The van der Waals surface area contributed by atoms with E-state index in [1.54, 1.807) is 30.1 Å².